The molecule has 0 amide bonds. The average Bonchev–Trinajstić information content (AvgIpc) is 2.83. The quantitative estimate of drug-likeness (QED) is 0.505. The molecule has 0 radical (unpaired) electrons. The Morgan fingerprint density at radius 1 is 1.06 bits per heavy atom. The summed E-state index contributed by atoms with van der Waals surface area (Å²) in [5.74, 6) is 1.58. The summed E-state index contributed by atoms with van der Waals surface area (Å²) >= 11 is 1.71. The molecule has 1 N–H and O–H groups in total. The Bertz CT molecular complexity index is 1130. The zero-order valence-corrected chi connectivity index (χ0v) is 22.3. The number of Topliss-reactive ketones (excluding diaryl/α,β-unsaturated/α-hetero) is 2. The summed E-state index contributed by atoms with van der Waals surface area (Å²) < 4.78 is 2.62. The largest absolute Gasteiger partial charge is 0.345 e. The molecule has 1 atom stereocenters. The molecule has 7 nitrogen and oxygen atoms in total. The third kappa shape index (κ3) is 7.87. The minimum atomic E-state index is -0.306. The van der Waals surface area contributed by atoms with Crippen molar-refractivity contribution in [3.8, 4) is 0 Å². The van der Waals surface area contributed by atoms with Crippen LogP contribution in [-0.2, 0) is 14.1 Å². The number of thioether (sulfide) groups is 1. The van der Waals surface area contributed by atoms with Crippen LogP contribution in [0.15, 0.2) is 45.0 Å². The van der Waals surface area contributed by atoms with E-state index in [0.717, 1.165) is 21.8 Å². The maximum atomic E-state index is 12.3. The van der Waals surface area contributed by atoms with Gasteiger partial charge in [-0.05, 0) is 45.8 Å². The van der Waals surface area contributed by atoms with Crippen molar-refractivity contribution < 1.29 is 9.59 Å². The van der Waals surface area contributed by atoms with E-state index in [0.29, 0.717) is 28.4 Å². The van der Waals surface area contributed by atoms with E-state index in [4.69, 9.17) is 0 Å². The summed E-state index contributed by atoms with van der Waals surface area (Å²) in [7, 11) is 3.17. The van der Waals surface area contributed by atoms with Crippen molar-refractivity contribution in [3.63, 3.8) is 0 Å². The lowest BCUT2D eigenvalue weighted by atomic mass is 10.0. The number of allylic oxidation sites excluding steroid dienone is 1. The molecule has 2 rings (SSSR count). The average molecular weight is 488 g/mol. The third-order valence-electron chi connectivity index (χ3n) is 5.72. The molecule has 0 saturated heterocycles. The van der Waals surface area contributed by atoms with Crippen molar-refractivity contribution in [3.05, 3.63) is 73.0 Å². The van der Waals surface area contributed by atoms with Crippen molar-refractivity contribution in [1.82, 2.24) is 9.13 Å². The van der Waals surface area contributed by atoms with E-state index < -0.39 is 0 Å². The van der Waals surface area contributed by atoms with E-state index >= 15 is 0 Å². The molecule has 0 bridgehead atoms. The summed E-state index contributed by atoms with van der Waals surface area (Å²) in [6, 6.07) is 6.84. The molecular weight excluding hydrogens is 450 g/mol. The maximum Gasteiger partial charge on any atom is 0.330 e. The Kier molecular flexibility index (Phi) is 11.8. The summed E-state index contributed by atoms with van der Waals surface area (Å²) in [5, 5.41) is 4.14. The van der Waals surface area contributed by atoms with E-state index in [-0.39, 0.29) is 22.8 Å². The SMILES string of the molecule is C/C=C(\Nc1c(C)n(C)c(=O)n(C)c1=O)SCCC(C)CC.CC(=O)c1ccccc1C(C)=O. The van der Waals surface area contributed by atoms with Crippen LogP contribution in [0.25, 0.3) is 0 Å². The van der Waals surface area contributed by atoms with Crippen molar-refractivity contribution in [2.24, 2.45) is 20.0 Å². The fourth-order valence-corrected chi connectivity index (χ4v) is 4.16. The van der Waals surface area contributed by atoms with Crippen LogP contribution in [0, 0.1) is 12.8 Å². The van der Waals surface area contributed by atoms with Crippen LogP contribution in [0.4, 0.5) is 5.69 Å². The number of nitrogens with zero attached hydrogens (tertiary/aromatic N) is 2. The highest BCUT2D eigenvalue weighted by Gasteiger charge is 2.13. The molecular formula is C26H37N3O4S. The first-order valence-electron chi connectivity index (χ1n) is 11.4. The molecule has 0 spiro atoms. The van der Waals surface area contributed by atoms with Gasteiger partial charge >= 0.3 is 5.69 Å². The van der Waals surface area contributed by atoms with E-state index in [1.165, 1.54) is 31.9 Å². The monoisotopic (exact) mass is 487 g/mol. The molecule has 0 saturated carbocycles. The zero-order valence-electron chi connectivity index (χ0n) is 21.5. The van der Waals surface area contributed by atoms with Gasteiger partial charge in [-0.15, -0.1) is 11.8 Å². The summed E-state index contributed by atoms with van der Waals surface area (Å²) in [5.41, 5.74) is 1.53. The Labute approximate surface area is 206 Å². The van der Waals surface area contributed by atoms with Gasteiger partial charge in [0.25, 0.3) is 5.56 Å². The van der Waals surface area contributed by atoms with Crippen molar-refractivity contribution in [2.75, 3.05) is 11.1 Å². The third-order valence-corrected chi connectivity index (χ3v) is 6.81. The number of anilines is 1. The van der Waals surface area contributed by atoms with Crippen LogP contribution in [0.1, 0.15) is 73.9 Å². The van der Waals surface area contributed by atoms with E-state index in [9.17, 15) is 19.2 Å². The minimum Gasteiger partial charge on any atom is -0.345 e. The van der Waals surface area contributed by atoms with Gasteiger partial charge in [-0.1, -0.05) is 50.6 Å². The molecule has 1 unspecified atom stereocenters. The van der Waals surface area contributed by atoms with Gasteiger partial charge in [-0.3, -0.25) is 23.5 Å². The molecule has 0 fully saturated rings. The van der Waals surface area contributed by atoms with Crippen LogP contribution < -0.4 is 16.6 Å². The Hall–Kier alpha value is -2.87. The smallest absolute Gasteiger partial charge is 0.330 e. The molecule has 0 aliphatic rings. The van der Waals surface area contributed by atoms with Crippen LogP contribution in [0.3, 0.4) is 0 Å². The summed E-state index contributed by atoms with van der Waals surface area (Å²) in [6.07, 6.45) is 4.29. The predicted octanol–water partition coefficient (Wildman–Crippen LogP) is 4.93. The summed E-state index contributed by atoms with van der Waals surface area (Å²) in [6.45, 7) is 11.1. The lowest BCUT2D eigenvalue weighted by molar-refractivity contribution is 0.0981. The molecule has 1 aromatic carbocycles. The number of hydrogen-bond acceptors (Lipinski definition) is 6. The number of ketones is 2. The lowest BCUT2D eigenvalue weighted by Crippen LogP contribution is -2.39. The molecule has 34 heavy (non-hydrogen) atoms. The number of hydrogen-bond donors (Lipinski definition) is 1. The number of carbonyl (C=O) groups is 2. The second-order valence-electron chi connectivity index (χ2n) is 8.25. The van der Waals surface area contributed by atoms with Crippen molar-refractivity contribution in [1.29, 1.82) is 0 Å². The van der Waals surface area contributed by atoms with Gasteiger partial charge in [0.1, 0.15) is 5.69 Å². The topological polar surface area (TPSA) is 90.2 Å². The Morgan fingerprint density at radius 2 is 1.59 bits per heavy atom. The van der Waals surface area contributed by atoms with Crippen LogP contribution in [0.2, 0.25) is 0 Å². The standard InChI is InChI=1S/C16H27N3O2S.C10H10O2/c1-7-11(3)9-10-22-13(8-2)17-14-12(4)18(5)16(21)19(6)15(14)20;1-7(11)9-5-3-4-6-10(9)8(2)12/h8,11,17H,7,9-10H2,1-6H3;3-6H,1-2H3/b13-8+;. The van der Waals surface area contributed by atoms with Gasteiger partial charge in [0.05, 0.1) is 5.03 Å². The first-order valence-corrected chi connectivity index (χ1v) is 12.4. The Morgan fingerprint density at radius 3 is 2.03 bits per heavy atom. The highest BCUT2D eigenvalue weighted by atomic mass is 32.2. The summed E-state index contributed by atoms with van der Waals surface area (Å²) in [4.78, 5) is 46.2. The molecule has 2 aromatic rings. The Balaban J connectivity index is 0.000000404. The van der Waals surface area contributed by atoms with E-state index in [2.05, 4.69) is 19.2 Å². The highest BCUT2D eigenvalue weighted by molar-refractivity contribution is 8.03. The first-order chi connectivity index (χ1) is 16.0. The van der Waals surface area contributed by atoms with Gasteiger partial charge in [0.15, 0.2) is 11.6 Å². The molecule has 0 aliphatic carbocycles. The van der Waals surface area contributed by atoms with Gasteiger partial charge in [-0.2, -0.15) is 0 Å². The molecule has 1 heterocycles. The fraction of sp³-hybridized carbons (Fsp3) is 0.462. The van der Waals surface area contributed by atoms with Gasteiger partial charge < -0.3 is 5.32 Å². The minimum absolute atomic E-state index is 0.0687. The normalized spacial score (nSPS) is 11.9. The fourth-order valence-electron chi connectivity index (χ4n) is 3.08. The first kappa shape index (κ1) is 29.2. The number of benzene rings is 1. The maximum absolute atomic E-state index is 12.3. The van der Waals surface area contributed by atoms with E-state index in [1.54, 1.807) is 50.0 Å². The lowest BCUT2D eigenvalue weighted by Gasteiger charge is -2.16. The zero-order chi connectivity index (χ0) is 26.0. The van der Waals surface area contributed by atoms with Crippen LogP contribution >= 0.6 is 11.8 Å². The van der Waals surface area contributed by atoms with Gasteiger partial charge in [0, 0.05) is 30.9 Å². The van der Waals surface area contributed by atoms with Crippen LogP contribution in [-0.4, -0.2) is 26.5 Å². The number of nitrogens with one attached hydrogen (secondary N) is 1. The second-order valence-corrected chi connectivity index (χ2v) is 9.39. The number of rotatable bonds is 9. The number of carbonyl (C=O) groups excluding carboxylic acids is 2. The van der Waals surface area contributed by atoms with Crippen molar-refractivity contribution >= 4 is 29.0 Å². The van der Waals surface area contributed by atoms with E-state index in [1.807, 2.05) is 13.0 Å². The molecule has 1 aromatic heterocycles. The van der Waals surface area contributed by atoms with Crippen molar-refractivity contribution in [2.45, 2.75) is 54.4 Å². The van der Waals surface area contributed by atoms with Crippen LogP contribution in [0.5, 0.6) is 0 Å². The highest BCUT2D eigenvalue weighted by Crippen LogP contribution is 2.22. The predicted molar refractivity (Wildman–Crippen MR) is 142 cm³/mol. The molecule has 186 valence electrons. The molecule has 8 heteroatoms. The van der Waals surface area contributed by atoms with Gasteiger partial charge in [-0.25, -0.2) is 4.79 Å². The number of aromatic nitrogens is 2. The van der Waals surface area contributed by atoms with Gasteiger partial charge in [0.2, 0.25) is 0 Å². The molecule has 0 aliphatic heterocycles. The second kappa shape index (κ2) is 13.7.